The summed E-state index contributed by atoms with van der Waals surface area (Å²) in [7, 11) is 0. The van der Waals surface area contributed by atoms with Gasteiger partial charge in [-0.05, 0) is 52.9 Å². The van der Waals surface area contributed by atoms with Crippen molar-refractivity contribution in [2.45, 2.75) is 38.9 Å². The van der Waals surface area contributed by atoms with Crippen LogP contribution < -0.4 is 0 Å². The normalized spacial score (nSPS) is 16.9. The molecule has 3 aromatic rings. The Kier molecular flexibility index (Phi) is 5.16. The lowest BCUT2D eigenvalue weighted by Crippen LogP contribution is -2.33. The van der Waals surface area contributed by atoms with Crippen LogP contribution in [0.15, 0.2) is 41.4 Å². The van der Waals surface area contributed by atoms with Crippen molar-refractivity contribution in [3.63, 3.8) is 0 Å². The van der Waals surface area contributed by atoms with Crippen LogP contribution in [-0.4, -0.2) is 50.1 Å². The zero-order valence-electron chi connectivity index (χ0n) is 16.5. The third-order valence-electron chi connectivity index (χ3n) is 5.88. The number of hydrogen-bond donors (Lipinski definition) is 0. The lowest BCUT2D eigenvalue weighted by molar-refractivity contribution is 0.0783. The van der Waals surface area contributed by atoms with Gasteiger partial charge < -0.3 is 4.90 Å². The van der Waals surface area contributed by atoms with Gasteiger partial charge in [0.15, 0.2) is 5.69 Å². The Morgan fingerprint density at radius 2 is 1.86 bits per heavy atom. The third-order valence-corrected chi connectivity index (χ3v) is 6.61. The van der Waals surface area contributed by atoms with Crippen molar-refractivity contribution < 1.29 is 4.79 Å². The highest BCUT2D eigenvalue weighted by Gasteiger charge is 2.31. The second-order valence-electron chi connectivity index (χ2n) is 7.88. The largest absolute Gasteiger partial charge is 0.337 e. The van der Waals surface area contributed by atoms with Crippen molar-refractivity contribution in [2.24, 2.45) is 0 Å². The summed E-state index contributed by atoms with van der Waals surface area (Å²) in [5.74, 6) is 0.101. The van der Waals surface area contributed by atoms with E-state index in [1.54, 1.807) is 11.3 Å². The Bertz CT molecular complexity index is 976. The Morgan fingerprint density at radius 1 is 1.03 bits per heavy atom. The van der Waals surface area contributed by atoms with Gasteiger partial charge >= 0.3 is 0 Å². The van der Waals surface area contributed by atoms with E-state index in [9.17, 15) is 4.79 Å². The summed E-state index contributed by atoms with van der Waals surface area (Å²) in [6, 6.07) is 6.22. The molecule has 1 saturated heterocycles. The van der Waals surface area contributed by atoms with Gasteiger partial charge in [0, 0.05) is 62.8 Å². The summed E-state index contributed by atoms with van der Waals surface area (Å²) in [5.41, 5.74) is 5.50. The number of hydrogen-bond acceptors (Lipinski definition) is 5. The minimum Gasteiger partial charge on any atom is -0.337 e. The standard InChI is InChI=1S/C22H25N5OS/c28-22(26-9-1-2-10-26)21-19-15-25(13-18-6-12-29-16-18)11-5-20(19)27(24-21)14-17-3-7-23-8-4-17/h3-4,6-8,12,16H,1-2,5,9-11,13-15H2. The second-order valence-corrected chi connectivity index (χ2v) is 8.66. The fraction of sp³-hybridized carbons (Fsp3) is 0.409. The lowest BCUT2D eigenvalue weighted by atomic mass is 10.0. The molecular weight excluding hydrogens is 382 g/mol. The van der Waals surface area contributed by atoms with Crippen LogP contribution in [0.4, 0.5) is 0 Å². The van der Waals surface area contributed by atoms with E-state index < -0.39 is 0 Å². The number of fused-ring (bicyclic) bond motifs is 1. The zero-order valence-corrected chi connectivity index (χ0v) is 17.3. The summed E-state index contributed by atoms with van der Waals surface area (Å²) < 4.78 is 2.05. The molecule has 0 radical (unpaired) electrons. The molecule has 7 heteroatoms. The summed E-state index contributed by atoms with van der Waals surface area (Å²) in [6.45, 7) is 5.09. The molecule has 5 rings (SSSR count). The molecule has 6 nitrogen and oxygen atoms in total. The molecule has 0 saturated carbocycles. The highest BCUT2D eigenvalue weighted by atomic mass is 32.1. The summed E-state index contributed by atoms with van der Waals surface area (Å²) in [5, 5.41) is 9.18. The van der Waals surface area contributed by atoms with E-state index in [1.807, 2.05) is 29.4 Å². The maximum absolute atomic E-state index is 13.2. The van der Waals surface area contributed by atoms with Gasteiger partial charge in [-0.15, -0.1) is 0 Å². The van der Waals surface area contributed by atoms with Gasteiger partial charge in [0.05, 0.1) is 6.54 Å². The topological polar surface area (TPSA) is 54.3 Å². The number of rotatable bonds is 5. The van der Waals surface area contributed by atoms with E-state index in [0.717, 1.165) is 63.1 Å². The third kappa shape index (κ3) is 3.84. The molecule has 0 unspecified atom stereocenters. The Hall–Kier alpha value is -2.51. The first-order valence-electron chi connectivity index (χ1n) is 10.3. The molecule has 0 aliphatic carbocycles. The Balaban J connectivity index is 1.46. The second kappa shape index (κ2) is 8.08. The smallest absolute Gasteiger partial charge is 0.274 e. The molecule has 3 aromatic heterocycles. The van der Waals surface area contributed by atoms with Gasteiger partial charge in [0.1, 0.15) is 0 Å². The van der Waals surface area contributed by atoms with Gasteiger partial charge in [-0.2, -0.15) is 16.4 Å². The van der Waals surface area contributed by atoms with Gasteiger partial charge in [-0.25, -0.2) is 0 Å². The molecule has 1 fully saturated rings. The molecule has 2 aliphatic rings. The minimum absolute atomic E-state index is 0.101. The molecule has 0 N–H and O–H groups in total. The van der Waals surface area contributed by atoms with Crippen molar-refractivity contribution >= 4 is 17.2 Å². The van der Waals surface area contributed by atoms with Crippen molar-refractivity contribution in [3.8, 4) is 0 Å². The fourth-order valence-corrected chi connectivity index (χ4v) is 5.02. The molecule has 150 valence electrons. The molecular formula is C22H25N5OS. The van der Waals surface area contributed by atoms with Crippen molar-refractivity contribution in [1.29, 1.82) is 0 Å². The van der Waals surface area contributed by atoms with E-state index in [4.69, 9.17) is 5.10 Å². The van der Waals surface area contributed by atoms with Crippen LogP contribution in [0.25, 0.3) is 0 Å². The van der Waals surface area contributed by atoms with Gasteiger partial charge in [-0.3, -0.25) is 19.4 Å². The number of nitrogens with zero attached hydrogens (tertiary/aromatic N) is 5. The van der Waals surface area contributed by atoms with E-state index in [0.29, 0.717) is 12.2 Å². The van der Waals surface area contributed by atoms with E-state index >= 15 is 0 Å². The van der Waals surface area contributed by atoms with Gasteiger partial charge in [-0.1, -0.05) is 0 Å². The lowest BCUT2D eigenvalue weighted by Gasteiger charge is -2.27. The number of likely N-dealkylation sites (tertiary alicyclic amines) is 1. The van der Waals surface area contributed by atoms with Crippen LogP contribution in [0.5, 0.6) is 0 Å². The molecule has 1 amide bonds. The van der Waals surface area contributed by atoms with Crippen LogP contribution in [0, 0.1) is 0 Å². The fourth-order valence-electron chi connectivity index (χ4n) is 4.36. The first-order chi connectivity index (χ1) is 14.3. The van der Waals surface area contributed by atoms with Crippen molar-refractivity contribution in [2.75, 3.05) is 19.6 Å². The average Bonchev–Trinajstić information content (AvgIpc) is 3.50. The Morgan fingerprint density at radius 3 is 2.62 bits per heavy atom. The number of pyridine rings is 1. The quantitative estimate of drug-likeness (QED) is 0.652. The number of carbonyl (C=O) groups excluding carboxylic acids is 1. The van der Waals surface area contributed by atoms with E-state index in [2.05, 4.69) is 31.4 Å². The summed E-state index contributed by atoms with van der Waals surface area (Å²) in [4.78, 5) is 21.7. The molecule has 0 aromatic carbocycles. The SMILES string of the molecule is O=C(c1nn(Cc2ccncc2)c2c1CN(Cc1ccsc1)CC2)N1CCCC1. The predicted octanol–water partition coefficient (Wildman–Crippen LogP) is 3.18. The number of carbonyl (C=O) groups is 1. The molecule has 0 bridgehead atoms. The number of aromatic nitrogens is 3. The predicted molar refractivity (Wildman–Crippen MR) is 113 cm³/mol. The molecule has 2 aliphatic heterocycles. The monoisotopic (exact) mass is 407 g/mol. The highest BCUT2D eigenvalue weighted by molar-refractivity contribution is 7.07. The average molecular weight is 408 g/mol. The van der Waals surface area contributed by atoms with Crippen LogP contribution in [-0.2, 0) is 26.1 Å². The Labute approximate surface area is 174 Å². The maximum Gasteiger partial charge on any atom is 0.274 e. The van der Waals surface area contributed by atoms with Crippen LogP contribution in [0.1, 0.15) is 45.7 Å². The van der Waals surface area contributed by atoms with Crippen LogP contribution >= 0.6 is 11.3 Å². The van der Waals surface area contributed by atoms with Crippen molar-refractivity contribution in [1.82, 2.24) is 24.6 Å². The maximum atomic E-state index is 13.2. The first-order valence-corrected chi connectivity index (χ1v) is 11.2. The van der Waals surface area contributed by atoms with Crippen molar-refractivity contribution in [3.05, 3.63) is 69.4 Å². The van der Waals surface area contributed by atoms with Gasteiger partial charge in [0.2, 0.25) is 0 Å². The van der Waals surface area contributed by atoms with E-state index in [1.165, 1.54) is 11.3 Å². The number of amides is 1. The molecule has 5 heterocycles. The van der Waals surface area contributed by atoms with Gasteiger partial charge in [0.25, 0.3) is 5.91 Å². The molecule has 0 spiro atoms. The zero-order chi connectivity index (χ0) is 19.6. The minimum atomic E-state index is 0.101. The van der Waals surface area contributed by atoms with E-state index in [-0.39, 0.29) is 5.91 Å². The molecule has 29 heavy (non-hydrogen) atoms. The highest BCUT2D eigenvalue weighted by Crippen LogP contribution is 2.27. The van der Waals surface area contributed by atoms with Crippen LogP contribution in [0.2, 0.25) is 0 Å². The number of thiophene rings is 1. The molecule has 0 atom stereocenters. The first kappa shape index (κ1) is 18.5. The van der Waals surface area contributed by atoms with Crippen LogP contribution in [0.3, 0.4) is 0 Å². The summed E-state index contributed by atoms with van der Waals surface area (Å²) >= 11 is 1.73. The summed E-state index contributed by atoms with van der Waals surface area (Å²) in [6.07, 6.45) is 6.73.